The molecule has 0 aliphatic rings. The molecule has 0 saturated carbocycles. The Morgan fingerprint density at radius 2 is 1.88 bits per heavy atom. The first-order valence-corrected chi connectivity index (χ1v) is 10.4. The van der Waals surface area contributed by atoms with Crippen molar-refractivity contribution in [3.05, 3.63) is 29.8 Å². The SMILES string of the molecule is CCCCCC(C)(C)Nc1ccc(COC(=O)C(C)PCC)cc1. The second-order valence-electron chi connectivity index (χ2n) is 7.05. The van der Waals surface area contributed by atoms with Crippen LogP contribution in [0.5, 0.6) is 0 Å². The number of rotatable bonds is 11. The molecule has 0 radical (unpaired) electrons. The van der Waals surface area contributed by atoms with E-state index in [1.165, 1.54) is 19.3 Å². The fraction of sp³-hybridized carbons (Fsp3) is 0.650. The van der Waals surface area contributed by atoms with Crippen molar-refractivity contribution in [1.82, 2.24) is 0 Å². The van der Waals surface area contributed by atoms with E-state index in [2.05, 4.69) is 45.1 Å². The smallest absolute Gasteiger partial charge is 0.313 e. The predicted octanol–water partition coefficient (Wildman–Crippen LogP) is 5.59. The van der Waals surface area contributed by atoms with E-state index >= 15 is 0 Å². The van der Waals surface area contributed by atoms with Crippen molar-refractivity contribution in [3.8, 4) is 0 Å². The summed E-state index contributed by atoms with van der Waals surface area (Å²) in [5.74, 6) is -0.0885. The van der Waals surface area contributed by atoms with E-state index in [-0.39, 0.29) is 17.2 Å². The Kier molecular flexibility index (Phi) is 9.36. The molecule has 4 heteroatoms. The average molecular weight is 351 g/mol. The highest BCUT2D eigenvalue weighted by Crippen LogP contribution is 2.22. The van der Waals surface area contributed by atoms with Gasteiger partial charge >= 0.3 is 5.97 Å². The largest absolute Gasteiger partial charge is 0.460 e. The molecule has 0 aromatic heterocycles. The van der Waals surface area contributed by atoms with E-state index in [0.717, 1.165) is 23.8 Å². The molecule has 0 fully saturated rings. The molecule has 2 unspecified atom stereocenters. The fourth-order valence-electron chi connectivity index (χ4n) is 2.62. The van der Waals surface area contributed by atoms with Gasteiger partial charge in [0, 0.05) is 11.2 Å². The van der Waals surface area contributed by atoms with Crippen LogP contribution in [0.3, 0.4) is 0 Å². The second-order valence-corrected chi connectivity index (χ2v) is 9.03. The maximum absolute atomic E-state index is 11.9. The van der Waals surface area contributed by atoms with E-state index < -0.39 is 0 Å². The summed E-state index contributed by atoms with van der Waals surface area (Å²) < 4.78 is 5.40. The third kappa shape index (κ3) is 8.15. The molecule has 0 saturated heterocycles. The number of nitrogens with one attached hydrogen (secondary N) is 1. The summed E-state index contributed by atoms with van der Waals surface area (Å²) >= 11 is 0. The zero-order valence-electron chi connectivity index (χ0n) is 15.9. The zero-order chi connectivity index (χ0) is 18.0. The van der Waals surface area contributed by atoms with Crippen LogP contribution in [0.15, 0.2) is 24.3 Å². The Morgan fingerprint density at radius 1 is 1.21 bits per heavy atom. The summed E-state index contributed by atoms with van der Waals surface area (Å²) in [5.41, 5.74) is 2.26. The summed E-state index contributed by atoms with van der Waals surface area (Å²) in [6.07, 6.45) is 5.98. The Hall–Kier alpha value is -1.08. The fourth-order valence-corrected chi connectivity index (χ4v) is 3.49. The predicted molar refractivity (Wildman–Crippen MR) is 106 cm³/mol. The molecular formula is C20H34NO2P. The first-order valence-electron chi connectivity index (χ1n) is 9.15. The Morgan fingerprint density at radius 3 is 2.46 bits per heavy atom. The van der Waals surface area contributed by atoms with Gasteiger partial charge in [-0.2, -0.15) is 0 Å². The number of carbonyl (C=O) groups is 1. The highest BCUT2D eigenvalue weighted by Gasteiger charge is 2.17. The van der Waals surface area contributed by atoms with Crippen LogP contribution in [0.2, 0.25) is 0 Å². The molecule has 136 valence electrons. The number of anilines is 1. The van der Waals surface area contributed by atoms with Crippen LogP contribution >= 0.6 is 8.58 Å². The number of benzene rings is 1. The van der Waals surface area contributed by atoms with Crippen molar-refractivity contribution in [3.63, 3.8) is 0 Å². The summed E-state index contributed by atoms with van der Waals surface area (Å²) in [7, 11) is 0.643. The standard InChI is InChI=1S/C20H34NO2P/c1-6-8-9-14-20(4,5)21-18-12-10-17(11-13-18)15-23-19(22)16(3)24-7-2/h10-13,16,21,24H,6-9,14-15H2,1-5H3. The Labute approximate surface area is 149 Å². The van der Waals surface area contributed by atoms with Gasteiger partial charge in [0.05, 0.1) is 5.66 Å². The van der Waals surface area contributed by atoms with Crippen molar-refractivity contribution >= 4 is 20.2 Å². The van der Waals surface area contributed by atoms with Crippen molar-refractivity contribution in [2.75, 3.05) is 11.5 Å². The number of esters is 1. The summed E-state index contributed by atoms with van der Waals surface area (Å²) in [4.78, 5) is 11.9. The Bertz CT molecular complexity index is 485. The third-order valence-corrected chi connectivity index (χ3v) is 5.34. The molecular weight excluding hydrogens is 317 g/mol. The normalized spacial score (nSPS) is 13.2. The molecule has 0 amide bonds. The molecule has 0 aliphatic carbocycles. The topological polar surface area (TPSA) is 38.3 Å². The lowest BCUT2D eigenvalue weighted by Gasteiger charge is -2.27. The lowest BCUT2D eigenvalue weighted by atomic mass is 9.96. The van der Waals surface area contributed by atoms with Crippen LogP contribution in [0.25, 0.3) is 0 Å². The van der Waals surface area contributed by atoms with Crippen LogP contribution in [0.4, 0.5) is 5.69 Å². The molecule has 0 aliphatic heterocycles. The number of hydrogen-bond acceptors (Lipinski definition) is 3. The van der Waals surface area contributed by atoms with Crippen molar-refractivity contribution in [1.29, 1.82) is 0 Å². The van der Waals surface area contributed by atoms with Crippen molar-refractivity contribution in [2.45, 2.75) is 78.1 Å². The summed E-state index contributed by atoms with van der Waals surface area (Å²) in [6.45, 7) is 11.1. The monoisotopic (exact) mass is 351 g/mol. The van der Waals surface area contributed by atoms with Gasteiger partial charge in [-0.3, -0.25) is 4.79 Å². The third-order valence-electron chi connectivity index (χ3n) is 4.09. The van der Waals surface area contributed by atoms with Gasteiger partial charge < -0.3 is 10.1 Å². The van der Waals surface area contributed by atoms with Crippen molar-refractivity contribution in [2.24, 2.45) is 0 Å². The van der Waals surface area contributed by atoms with Crippen molar-refractivity contribution < 1.29 is 9.53 Å². The molecule has 2 atom stereocenters. The van der Waals surface area contributed by atoms with Crippen LogP contribution in [-0.4, -0.2) is 23.3 Å². The van der Waals surface area contributed by atoms with Crippen LogP contribution < -0.4 is 5.32 Å². The van der Waals surface area contributed by atoms with E-state index in [4.69, 9.17) is 4.74 Å². The van der Waals surface area contributed by atoms with Gasteiger partial charge in [-0.1, -0.05) is 45.2 Å². The highest BCUT2D eigenvalue weighted by atomic mass is 31.1. The Balaban J connectivity index is 2.46. The lowest BCUT2D eigenvalue weighted by molar-refractivity contribution is -0.144. The number of carbonyl (C=O) groups excluding carboxylic acids is 1. The minimum absolute atomic E-state index is 0.0138. The molecule has 1 aromatic rings. The van der Waals surface area contributed by atoms with E-state index in [1.54, 1.807) is 0 Å². The molecule has 0 heterocycles. The number of ether oxygens (including phenoxy) is 1. The maximum Gasteiger partial charge on any atom is 0.313 e. The van der Waals surface area contributed by atoms with Crippen LogP contribution in [-0.2, 0) is 16.1 Å². The minimum Gasteiger partial charge on any atom is -0.460 e. The highest BCUT2D eigenvalue weighted by molar-refractivity contribution is 7.40. The van der Waals surface area contributed by atoms with Crippen LogP contribution in [0.1, 0.15) is 65.9 Å². The molecule has 1 N–H and O–H groups in total. The van der Waals surface area contributed by atoms with Gasteiger partial charge in [-0.15, -0.1) is 8.58 Å². The van der Waals surface area contributed by atoms with Crippen LogP contribution in [0, 0.1) is 0 Å². The number of hydrogen-bond donors (Lipinski definition) is 1. The molecule has 1 aromatic carbocycles. The van der Waals surface area contributed by atoms with Gasteiger partial charge in [-0.05, 0) is 51.1 Å². The first kappa shape index (κ1) is 21.0. The van der Waals surface area contributed by atoms with E-state index in [0.29, 0.717) is 15.2 Å². The van der Waals surface area contributed by atoms with Gasteiger partial charge in [0.2, 0.25) is 0 Å². The van der Waals surface area contributed by atoms with E-state index in [9.17, 15) is 4.79 Å². The molecule has 24 heavy (non-hydrogen) atoms. The lowest BCUT2D eigenvalue weighted by Crippen LogP contribution is -2.30. The summed E-state index contributed by atoms with van der Waals surface area (Å²) in [5, 5.41) is 3.60. The van der Waals surface area contributed by atoms with Gasteiger partial charge in [0.1, 0.15) is 6.61 Å². The van der Waals surface area contributed by atoms with Gasteiger partial charge in [0.15, 0.2) is 0 Å². The molecule has 0 bridgehead atoms. The second kappa shape index (κ2) is 10.7. The molecule has 1 rings (SSSR count). The number of unbranched alkanes of at least 4 members (excludes halogenated alkanes) is 2. The minimum atomic E-state index is -0.0885. The quantitative estimate of drug-likeness (QED) is 0.321. The van der Waals surface area contributed by atoms with Gasteiger partial charge in [0.25, 0.3) is 0 Å². The summed E-state index contributed by atoms with van der Waals surface area (Å²) in [6, 6.07) is 8.21. The average Bonchev–Trinajstić information content (AvgIpc) is 2.54. The van der Waals surface area contributed by atoms with E-state index in [1.807, 2.05) is 19.1 Å². The molecule has 3 nitrogen and oxygen atoms in total. The molecule has 0 spiro atoms. The maximum atomic E-state index is 11.9. The first-order chi connectivity index (χ1) is 11.4. The zero-order valence-corrected chi connectivity index (χ0v) is 16.9. The van der Waals surface area contributed by atoms with Gasteiger partial charge in [-0.25, -0.2) is 0 Å².